The minimum atomic E-state index is -0.336. The fourth-order valence-electron chi connectivity index (χ4n) is 3.15. The molecule has 0 aromatic carbocycles. The Hall–Kier alpha value is -1.38. The molecule has 121 valence electrons. The Morgan fingerprint density at radius 1 is 1.32 bits per heavy atom. The third kappa shape index (κ3) is 3.88. The second-order valence-electron chi connectivity index (χ2n) is 6.57. The number of nitrogens with zero attached hydrogens (tertiary/aromatic N) is 3. The lowest BCUT2D eigenvalue weighted by molar-refractivity contribution is -0.129. The first kappa shape index (κ1) is 17.0. The van der Waals surface area contributed by atoms with Crippen molar-refractivity contribution in [3.05, 3.63) is 18.6 Å². The Morgan fingerprint density at radius 2 is 2.00 bits per heavy atom. The largest absolute Gasteiger partial charge is 0.379 e. The second-order valence-corrected chi connectivity index (χ2v) is 6.57. The predicted octanol–water partition coefficient (Wildman–Crippen LogP) is 1.76. The van der Waals surface area contributed by atoms with Crippen molar-refractivity contribution in [1.82, 2.24) is 9.80 Å². The van der Waals surface area contributed by atoms with E-state index < -0.39 is 0 Å². The van der Waals surface area contributed by atoms with Crippen LogP contribution in [0.1, 0.15) is 33.1 Å². The molecular formula is C17H26N3O2. The van der Waals surface area contributed by atoms with Gasteiger partial charge in [0.1, 0.15) is 11.6 Å². The maximum Gasteiger partial charge on any atom is 0.264 e. The third-order valence-corrected chi connectivity index (χ3v) is 4.56. The van der Waals surface area contributed by atoms with Crippen LogP contribution < -0.4 is 0 Å². The summed E-state index contributed by atoms with van der Waals surface area (Å²) < 4.78 is 5.37. The maximum absolute atomic E-state index is 12.7. The summed E-state index contributed by atoms with van der Waals surface area (Å²) in [5.41, 5.74) is -0.108. The van der Waals surface area contributed by atoms with Crippen molar-refractivity contribution in [2.24, 2.45) is 0 Å². The molecule has 2 fully saturated rings. The topological polar surface area (TPSA) is 56.6 Å². The van der Waals surface area contributed by atoms with Crippen LogP contribution in [-0.4, -0.2) is 60.1 Å². The SMILES string of the molecule is [CH2][C@@H]1CCCCN1C(=O)C(C#N)=CC(C)(C)N1CCOCC1. The highest BCUT2D eigenvalue weighted by atomic mass is 16.5. The molecule has 2 heterocycles. The number of nitriles is 1. The molecule has 22 heavy (non-hydrogen) atoms. The van der Waals surface area contributed by atoms with Gasteiger partial charge in [-0.15, -0.1) is 0 Å². The number of piperidine rings is 1. The molecule has 0 unspecified atom stereocenters. The lowest BCUT2D eigenvalue weighted by Gasteiger charge is -2.39. The van der Waals surface area contributed by atoms with Crippen LogP contribution in [0.25, 0.3) is 0 Å². The minimum Gasteiger partial charge on any atom is -0.379 e. The molecule has 1 radical (unpaired) electrons. The van der Waals surface area contributed by atoms with Crippen molar-refractivity contribution in [3.8, 4) is 6.07 Å². The van der Waals surface area contributed by atoms with Crippen molar-refractivity contribution in [2.45, 2.75) is 44.7 Å². The molecule has 0 N–H and O–H groups in total. The smallest absolute Gasteiger partial charge is 0.264 e. The van der Waals surface area contributed by atoms with E-state index >= 15 is 0 Å². The molecular weight excluding hydrogens is 278 g/mol. The van der Waals surface area contributed by atoms with Gasteiger partial charge in [0.15, 0.2) is 0 Å². The fraction of sp³-hybridized carbons (Fsp3) is 0.706. The molecule has 0 saturated carbocycles. The summed E-state index contributed by atoms with van der Waals surface area (Å²) in [4.78, 5) is 16.6. The Balaban J connectivity index is 2.15. The minimum absolute atomic E-state index is 0.0236. The quantitative estimate of drug-likeness (QED) is 0.589. The van der Waals surface area contributed by atoms with Crippen LogP contribution in [0.3, 0.4) is 0 Å². The van der Waals surface area contributed by atoms with Gasteiger partial charge >= 0.3 is 0 Å². The highest BCUT2D eigenvalue weighted by Gasteiger charge is 2.31. The third-order valence-electron chi connectivity index (χ3n) is 4.56. The molecule has 2 aliphatic heterocycles. The maximum atomic E-state index is 12.7. The van der Waals surface area contributed by atoms with Gasteiger partial charge in [-0.25, -0.2) is 0 Å². The van der Waals surface area contributed by atoms with E-state index in [1.807, 2.05) is 19.9 Å². The lowest BCUT2D eigenvalue weighted by Crippen LogP contribution is -2.49. The Morgan fingerprint density at radius 3 is 2.59 bits per heavy atom. The molecule has 1 amide bonds. The highest BCUT2D eigenvalue weighted by Crippen LogP contribution is 2.23. The van der Waals surface area contributed by atoms with E-state index in [1.54, 1.807) is 4.90 Å². The van der Waals surface area contributed by atoms with Crippen LogP contribution in [0.15, 0.2) is 11.6 Å². The van der Waals surface area contributed by atoms with Gasteiger partial charge in [0, 0.05) is 31.2 Å². The van der Waals surface area contributed by atoms with Crippen LogP contribution >= 0.6 is 0 Å². The van der Waals surface area contributed by atoms with Crippen molar-refractivity contribution in [1.29, 1.82) is 5.26 Å². The van der Waals surface area contributed by atoms with Crippen LogP contribution in [0.2, 0.25) is 0 Å². The summed E-state index contributed by atoms with van der Waals surface area (Å²) in [5.74, 6) is -0.177. The van der Waals surface area contributed by atoms with Crippen molar-refractivity contribution in [2.75, 3.05) is 32.8 Å². The number of amides is 1. The zero-order valence-corrected chi connectivity index (χ0v) is 13.7. The summed E-state index contributed by atoms with van der Waals surface area (Å²) in [5, 5.41) is 9.45. The van der Waals surface area contributed by atoms with E-state index in [9.17, 15) is 10.1 Å². The fourth-order valence-corrected chi connectivity index (χ4v) is 3.15. The van der Waals surface area contributed by atoms with E-state index in [1.165, 1.54) is 0 Å². The van der Waals surface area contributed by atoms with Crippen LogP contribution in [0, 0.1) is 18.3 Å². The van der Waals surface area contributed by atoms with Gasteiger partial charge in [0.25, 0.3) is 5.91 Å². The van der Waals surface area contributed by atoms with Crippen LogP contribution in [0.4, 0.5) is 0 Å². The van der Waals surface area contributed by atoms with Crippen LogP contribution in [-0.2, 0) is 9.53 Å². The van der Waals surface area contributed by atoms with Crippen LogP contribution in [0.5, 0.6) is 0 Å². The monoisotopic (exact) mass is 304 g/mol. The number of hydrogen-bond acceptors (Lipinski definition) is 4. The van der Waals surface area contributed by atoms with Gasteiger partial charge in [-0.3, -0.25) is 9.69 Å². The van der Waals surface area contributed by atoms with Crippen molar-refractivity contribution in [3.63, 3.8) is 0 Å². The summed E-state index contributed by atoms with van der Waals surface area (Å²) in [6.45, 7) is 11.9. The highest BCUT2D eigenvalue weighted by molar-refractivity contribution is 5.97. The number of carbonyl (C=O) groups excluding carboxylic acids is 1. The van der Waals surface area contributed by atoms with Gasteiger partial charge in [-0.05, 0) is 46.1 Å². The van der Waals surface area contributed by atoms with Gasteiger partial charge in [-0.1, -0.05) is 0 Å². The zero-order chi connectivity index (χ0) is 16.2. The number of morpholine rings is 1. The molecule has 5 heteroatoms. The first-order valence-corrected chi connectivity index (χ1v) is 8.05. The Bertz CT molecular complexity index is 473. The van der Waals surface area contributed by atoms with E-state index in [4.69, 9.17) is 4.74 Å². The Kier molecular flexibility index (Phi) is 5.60. The molecule has 0 aromatic rings. The molecule has 5 nitrogen and oxygen atoms in total. The van der Waals surface area contributed by atoms with E-state index in [0.29, 0.717) is 19.8 Å². The van der Waals surface area contributed by atoms with Crippen molar-refractivity contribution >= 4 is 5.91 Å². The van der Waals surface area contributed by atoms with Crippen molar-refractivity contribution < 1.29 is 9.53 Å². The molecule has 0 aliphatic carbocycles. The standard InChI is InChI=1S/C17H26N3O2/c1-14-6-4-5-7-20(14)16(21)15(13-18)12-17(2,3)19-8-10-22-11-9-19/h12,14H,1,4-11H2,2-3H3/t14-/m1/s1. The second kappa shape index (κ2) is 7.26. The summed E-state index contributed by atoms with van der Waals surface area (Å²) in [6, 6.07) is 2.08. The molecule has 2 aliphatic rings. The number of hydrogen-bond donors (Lipinski definition) is 0. The van der Waals surface area contributed by atoms with E-state index in [2.05, 4.69) is 17.9 Å². The van der Waals surface area contributed by atoms with Gasteiger partial charge in [-0.2, -0.15) is 5.26 Å². The predicted molar refractivity (Wildman–Crippen MR) is 84.9 cm³/mol. The normalized spacial score (nSPS) is 24.9. The van der Waals surface area contributed by atoms with Gasteiger partial charge < -0.3 is 9.64 Å². The average molecular weight is 304 g/mol. The Labute approximate surface area is 133 Å². The summed E-state index contributed by atoms with van der Waals surface area (Å²) >= 11 is 0. The number of likely N-dealkylation sites (tertiary alicyclic amines) is 1. The molecule has 2 saturated heterocycles. The number of rotatable bonds is 3. The number of carbonyl (C=O) groups is 1. The molecule has 0 bridgehead atoms. The summed E-state index contributed by atoms with van der Waals surface area (Å²) in [6.07, 6.45) is 4.81. The van der Waals surface area contributed by atoms with E-state index in [-0.39, 0.29) is 23.1 Å². The first-order chi connectivity index (χ1) is 10.5. The van der Waals surface area contributed by atoms with E-state index in [0.717, 1.165) is 32.4 Å². The average Bonchev–Trinajstić information content (AvgIpc) is 2.53. The van der Waals surface area contributed by atoms with Gasteiger partial charge in [0.2, 0.25) is 0 Å². The summed E-state index contributed by atoms with van der Waals surface area (Å²) in [7, 11) is 0. The first-order valence-electron chi connectivity index (χ1n) is 8.05. The number of ether oxygens (including phenoxy) is 1. The van der Waals surface area contributed by atoms with Gasteiger partial charge in [0.05, 0.1) is 13.2 Å². The lowest BCUT2D eigenvalue weighted by atomic mass is 9.96. The zero-order valence-electron chi connectivity index (χ0n) is 13.7. The molecule has 1 atom stereocenters. The molecule has 0 aromatic heterocycles. The molecule has 2 rings (SSSR count). The molecule has 0 spiro atoms.